The lowest BCUT2D eigenvalue weighted by molar-refractivity contribution is -0.115. The number of carbonyl (C=O) groups is 1. The Morgan fingerprint density at radius 3 is 2.71 bits per heavy atom. The Labute approximate surface area is 136 Å². The molecule has 0 aromatic heterocycles. The van der Waals surface area contributed by atoms with Gasteiger partial charge in [0.2, 0.25) is 5.91 Å². The lowest BCUT2D eigenvalue weighted by Gasteiger charge is -2.28. The van der Waals surface area contributed by atoms with Gasteiger partial charge in [0.1, 0.15) is 0 Å². The van der Waals surface area contributed by atoms with Crippen molar-refractivity contribution in [2.75, 3.05) is 18.1 Å². The minimum atomic E-state index is -0.00708. The van der Waals surface area contributed by atoms with E-state index < -0.39 is 0 Å². The van der Waals surface area contributed by atoms with E-state index in [-0.39, 0.29) is 5.91 Å². The highest BCUT2D eigenvalue weighted by atomic mass is 35.5. The molecule has 21 heavy (non-hydrogen) atoms. The topological polar surface area (TPSA) is 41.1 Å². The van der Waals surface area contributed by atoms with Crippen molar-refractivity contribution in [1.29, 1.82) is 0 Å². The molecule has 2 N–H and O–H groups in total. The van der Waals surface area contributed by atoms with Crippen LogP contribution in [0.5, 0.6) is 0 Å². The van der Waals surface area contributed by atoms with Gasteiger partial charge in [-0.2, -0.15) is 11.8 Å². The molecule has 0 radical (unpaired) electrons. The second-order valence-electron chi connectivity index (χ2n) is 5.60. The summed E-state index contributed by atoms with van der Waals surface area (Å²) in [5, 5.41) is 7.72. The van der Waals surface area contributed by atoms with Crippen molar-refractivity contribution in [3.05, 3.63) is 28.8 Å². The Balaban J connectivity index is 1.76. The highest BCUT2D eigenvalue weighted by molar-refractivity contribution is 7.99. The molecule has 0 aliphatic heterocycles. The third kappa shape index (κ3) is 5.20. The van der Waals surface area contributed by atoms with E-state index in [1.165, 1.54) is 12.8 Å². The van der Waals surface area contributed by atoms with Crippen molar-refractivity contribution in [2.45, 2.75) is 43.9 Å². The Hall–Kier alpha value is -0.710. The first-order chi connectivity index (χ1) is 10.1. The first-order valence-corrected chi connectivity index (χ1v) is 9.07. The fraction of sp³-hybridized carbons (Fsp3) is 0.562. The molecule has 1 aliphatic rings. The maximum absolute atomic E-state index is 12.0. The van der Waals surface area contributed by atoms with E-state index >= 15 is 0 Å². The molecule has 0 unspecified atom stereocenters. The van der Waals surface area contributed by atoms with Gasteiger partial charge in [-0.1, -0.05) is 17.7 Å². The second kappa shape index (κ2) is 8.06. The van der Waals surface area contributed by atoms with Crippen LogP contribution in [0, 0.1) is 6.92 Å². The minimum absolute atomic E-state index is 0.00708. The van der Waals surface area contributed by atoms with Gasteiger partial charge in [0.05, 0.1) is 6.54 Å². The predicted molar refractivity (Wildman–Crippen MR) is 92.4 cm³/mol. The Morgan fingerprint density at radius 1 is 1.33 bits per heavy atom. The number of aryl methyl sites for hydroxylation is 1. The average Bonchev–Trinajstić information content (AvgIpc) is 2.49. The average molecular weight is 327 g/mol. The monoisotopic (exact) mass is 326 g/mol. The van der Waals surface area contributed by atoms with E-state index in [1.807, 2.05) is 30.8 Å². The van der Waals surface area contributed by atoms with Crippen molar-refractivity contribution in [2.24, 2.45) is 0 Å². The number of anilines is 1. The molecule has 0 heterocycles. The van der Waals surface area contributed by atoms with Gasteiger partial charge in [-0.3, -0.25) is 4.79 Å². The smallest absolute Gasteiger partial charge is 0.238 e. The van der Waals surface area contributed by atoms with Crippen LogP contribution >= 0.6 is 23.4 Å². The van der Waals surface area contributed by atoms with Gasteiger partial charge in [-0.25, -0.2) is 0 Å². The number of rotatable bonds is 5. The van der Waals surface area contributed by atoms with E-state index in [9.17, 15) is 4.79 Å². The molecule has 3 nitrogen and oxygen atoms in total. The van der Waals surface area contributed by atoms with Crippen LogP contribution in [0.4, 0.5) is 5.69 Å². The predicted octanol–water partition coefficient (Wildman–Crippen LogP) is 3.85. The molecule has 0 bridgehead atoms. The van der Waals surface area contributed by atoms with E-state index in [1.54, 1.807) is 6.07 Å². The highest BCUT2D eigenvalue weighted by Crippen LogP contribution is 2.26. The van der Waals surface area contributed by atoms with Crippen LogP contribution in [-0.4, -0.2) is 30.0 Å². The van der Waals surface area contributed by atoms with Crippen molar-refractivity contribution in [1.82, 2.24) is 5.32 Å². The van der Waals surface area contributed by atoms with Crippen LogP contribution in [0.1, 0.15) is 31.2 Å². The molecular weight excluding hydrogens is 304 g/mol. The summed E-state index contributed by atoms with van der Waals surface area (Å²) < 4.78 is 0. The molecule has 5 heteroatoms. The highest BCUT2D eigenvalue weighted by Gasteiger charge is 2.20. The summed E-state index contributed by atoms with van der Waals surface area (Å²) in [5.41, 5.74) is 1.81. The van der Waals surface area contributed by atoms with Crippen LogP contribution in [0.3, 0.4) is 0 Å². The maximum atomic E-state index is 12.0. The van der Waals surface area contributed by atoms with Crippen LogP contribution in [0.15, 0.2) is 18.2 Å². The molecule has 1 aromatic carbocycles. The van der Waals surface area contributed by atoms with Crippen LogP contribution < -0.4 is 10.6 Å². The summed E-state index contributed by atoms with van der Waals surface area (Å²) in [7, 11) is 0. The molecule has 2 rings (SSSR count). The number of hydrogen-bond donors (Lipinski definition) is 2. The Kier molecular flexibility index (Phi) is 6.40. The van der Waals surface area contributed by atoms with E-state index in [0.29, 0.717) is 17.6 Å². The Morgan fingerprint density at radius 2 is 2.05 bits per heavy atom. The molecule has 0 saturated heterocycles. The summed E-state index contributed by atoms with van der Waals surface area (Å²) in [6.07, 6.45) is 6.99. The summed E-state index contributed by atoms with van der Waals surface area (Å²) in [4.78, 5) is 12.0. The number of nitrogens with one attached hydrogen (secondary N) is 2. The lowest BCUT2D eigenvalue weighted by Crippen LogP contribution is -2.38. The minimum Gasteiger partial charge on any atom is -0.325 e. The summed E-state index contributed by atoms with van der Waals surface area (Å²) >= 11 is 7.91. The van der Waals surface area contributed by atoms with Crippen LogP contribution in [0.2, 0.25) is 5.02 Å². The van der Waals surface area contributed by atoms with E-state index in [2.05, 4.69) is 16.9 Å². The van der Waals surface area contributed by atoms with Gasteiger partial charge >= 0.3 is 0 Å². The largest absolute Gasteiger partial charge is 0.325 e. The standard InChI is InChI=1S/C16H23ClN2OS/c1-11-3-4-12(17)9-15(11)19-16(20)10-18-13-5-7-14(21-2)8-6-13/h3-4,9,13-14,18H,5-8,10H2,1-2H3,(H,19,20). The molecule has 0 spiro atoms. The maximum Gasteiger partial charge on any atom is 0.238 e. The quantitative estimate of drug-likeness (QED) is 0.863. The second-order valence-corrected chi connectivity index (χ2v) is 7.17. The molecule has 116 valence electrons. The molecule has 1 saturated carbocycles. The molecular formula is C16H23ClN2OS. The fourth-order valence-corrected chi connectivity index (χ4v) is 3.58. The Bertz CT molecular complexity index is 487. The first-order valence-electron chi connectivity index (χ1n) is 7.40. The first kappa shape index (κ1) is 16.7. The van der Waals surface area contributed by atoms with Gasteiger partial charge in [0.15, 0.2) is 0 Å². The third-order valence-electron chi connectivity index (χ3n) is 4.03. The van der Waals surface area contributed by atoms with Gasteiger partial charge in [0.25, 0.3) is 0 Å². The molecule has 1 fully saturated rings. The van der Waals surface area contributed by atoms with Gasteiger partial charge < -0.3 is 10.6 Å². The van der Waals surface area contributed by atoms with E-state index in [4.69, 9.17) is 11.6 Å². The number of carbonyl (C=O) groups excluding carboxylic acids is 1. The van der Waals surface area contributed by atoms with Crippen molar-refractivity contribution >= 4 is 35.0 Å². The molecule has 1 aliphatic carbocycles. The lowest BCUT2D eigenvalue weighted by atomic mass is 9.95. The summed E-state index contributed by atoms with van der Waals surface area (Å²) in [6, 6.07) is 6.00. The zero-order valence-electron chi connectivity index (χ0n) is 12.6. The van der Waals surface area contributed by atoms with Crippen molar-refractivity contribution in [3.63, 3.8) is 0 Å². The van der Waals surface area contributed by atoms with Crippen molar-refractivity contribution < 1.29 is 4.79 Å². The number of hydrogen-bond acceptors (Lipinski definition) is 3. The van der Waals surface area contributed by atoms with Crippen molar-refractivity contribution in [3.8, 4) is 0 Å². The zero-order chi connectivity index (χ0) is 15.2. The third-order valence-corrected chi connectivity index (χ3v) is 5.41. The van der Waals surface area contributed by atoms with Gasteiger partial charge in [-0.05, 0) is 56.6 Å². The molecule has 0 atom stereocenters. The van der Waals surface area contributed by atoms with Gasteiger partial charge in [-0.15, -0.1) is 0 Å². The number of amides is 1. The SMILES string of the molecule is CSC1CCC(NCC(=O)Nc2cc(Cl)ccc2C)CC1. The summed E-state index contributed by atoms with van der Waals surface area (Å²) in [6.45, 7) is 2.32. The molecule has 1 amide bonds. The zero-order valence-corrected chi connectivity index (χ0v) is 14.2. The molecule has 1 aromatic rings. The fourth-order valence-electron chi connectivity index (χ4n) is 2.66. The van der Waals surface area contributed by atoms with Gasteiger partial charge in [0, 0.05) is 22.0 Å². The van der Waals surface area contributed by atoms with E-state index in [0.717, 1.165) is 29.3 Å². The van der Waals surface area contributed by atoms with Crippen LogP contribution in [-0.2, 0) is 4.79 Å². The van der Waals surface area contributed by atoms with Crippen LogP contribution in [0.25, 0.3) is 0 Å². The normalized spacial score (nSPS) is 22.0. The number of halogens is 1. The number of benzene rings is 1. The number of thioether (sulfide) groups is 1. The summed E-state index contributed by atoms with van der Waals surface area (Å²) in [5.74, 6) is -0.00708.